The van der Waals surface area contributed by atoms with Crippen LogP contribution < -0.4 is 5.32 Å². The van der Waals surface area contributed by atoms with E-state index in [0.717, 1.165) is 0 Å². The van der Waals surface area contributed by atoms with Crippen LogP contribution in [0.4, 0.5) is 4.79 Å². The van der Waals surface area contributed by atoms with Crippen molar-refractivity contribution in [1.82, 2.24) is 5.32 Å². The molecule has 0 fully saturated rings. The number of hydrogen-bond acceptors (Lipinski definition) is 4. The molecule has 6 heteroatoms. The van der Waals surface area contributed by atoms with Gasteiger partial charge in [0, 0.05) is 0 Å². The van der Waals surface area contributed by atoms with Crippen LogP contribution in [-0.4, -0.2) is 40.0 Å². The predicted octanol–water partition coefficient (Wildman–Crippen LogP) is 1.13. The number of carboxylic acids is 1. The van der Waals surface area contributed by atoms with Crippen LogP contribution in [0.3, 0.4) is 0 Å². The smallest absolute Gasteiger partial charge is 0.407 e. The van der Waals surface area contributed by atoms with E-state index in [-0.39, 0.29) is 6.42 Å². The Hall–Kier alpha value is -1.30. The van der Waals surface area contributed by atoms with Gasteiger partial charge in [0.15, 0.2) is 0 Å². The first kappa shape index (κ1) is 15.7. The predicted molar refractivity (Wildman–Crippen MR) is 61.7 cm³/mol. The molecule has 0 radical (unpaired) electrons. The minimum atomic E-state index is -1.08. The number of aliphatic carboxylic acids is 1. The maximum Gasteiger partial charge on any atom is 0.407 e. The van der Waals surface area contributed by atoms with Gasteiger partial charge < -0.3 is 20.3 Å². The quantitative estimate of drug-likeness (QED) is 0.676. The fraction of sp³-hybridized carbons (Fsp3) is 0.818. The maximum absolute atomic E-state index is 11.4. The molecule has 17 heavy (non-hydrogen) atoms. The van der Waals surface area contributed by atoms with Crippen molar-refractivity contribution in [3.05, 3.63) is 0 Å². The molecule has 2 atom stereocenters. The fourth-order valence-corrected chi connectivity index (χ4v) is 1.21. The number of ether oxygens (including phenoxy) is 1. The lowest BCUT2D eigenvalue weighted by Crippen LogP contribution is -2.46. The van der Waals surface area contributed by atoms with Gasteiger partial charge in [-0.2, -0.15) is 0 Å². The second kappa shape index (κ2) is 6.44. The second-order valence-corrected chi connectivity index (χ2v) is 4.83. The van der Waals surface area contributed by atoms with Crippen molar-refractivity contribution in [2.24, 2.45) is 0 Å². The average molecular weight is 247 g/mol. The second-order valence-electron chi connectivity index (χ2n) is 4.83. The molecule has 6 nitrogen and oxygen atoms in total. The summed E-state index contributed by atoms with van der Waals surface area (Å²) in [5.41, 5.74) is -0.658. The molecule has 100 valence electrons. The number of carbonyl (C=O) groups is 2. The van der Waals surface area contributed by atoms with E-state index in [2.05, 4.69) is 5.32 Å². The standard InChI is InChI=1S/C11H21NO5/c1-5-8(13)7(6-9(14)15)12-10(16)17-11(2,3)4/h7-8,13H,5-6H2,1-4H3,(H,12,16)(H,14,15)/t7-,8-/m0/s1. The number of amides is 1. The fourth-order valence-electron chi connectivity index (χ4n) is 1.21. The van der Waals surface area contributed by atoms with Crippen LogP contribution in [0.5, 0.6) is 0 Å². The molecule has 0 heterocycles. The molecule has 0 unspecified atom stereocenters. The molecule has 0 rings (SSSR count). The third-order valence-electron chi connectivity index (χ3n) is 1.98. The third kappa shape index (κ3) is 7.57. The van der Waals surface area contributed by atoms with E-state index in [1.54, 1.807) is 27.7 Å². The molecular weight excluding hydrogens is 226 g/mol. The van der Waals surface area contributed by atoms with Crippen molar-refractivity contribution < 1.29 is 24.5 Å². The zero-order valence-electron chi connectivity index (χ0n) is 10.7. The summed E-state index contributed by atoms with van der Waals surface area (Å²) < 4.78 is 4.99. The minimum Gasteiger partial charge on any atom is -0.481 e. The highest BCUT2D eigenvalue weighted by molar-refractivity contribution is 5.71. The van der Waals surface area contributed by atoms with Gasteiger partial charge in [0.1, 0.15) is 5.60 Å². The number of aliphatic hydroxyl groups excluding tert-OH is 1. The Labute approximate surface area is 101 Å². The van der Waals surface area contributed by atoms with Crippen molar-refractivity contribution >= 4 is 12.1 Å². The lowest BCUT2D eigenvalue weighted by atomic mass is 10.1. The number of aliphatic hydroxyl groups is 1. The van der Waals surface area contributed by atoms with Gasteiger partial charge in [-0.3, -0.25) is 4.79 Å². The minimum absolute atomic E-state index is 0.339. The van der Waals surface area contributed by atoms with Gasteiger partial charge in [0.25, 0.3) is 0 Å². The first-order valence-corrected chi connectivity index (χ1v) is 5.55. The number of nitrogens with one attached hydrogen (secondary N) is 1. The zero-order valence-corrected chi connectivity index (χ0v) is 10.7. The number of hydrogen-bond donors (Lipinski definition) is 3. The Balaban J connectivity index is 4.42. The van der Waals surface area contributed by atoms with Crippen LogP contribution >= 0.6 is 0 Å². The Morgan fingerprint density at radius 1 is 1.35 bits per heavy atom. The van der Waals surface area contributed by atoms with E-state index in [1.807, 2.05) is 0 Å². The highest BCUT2D eigenvalue weighted by Crippen LogP contribution is 2.09. The molecule has 0 aliphatic rings. The van der Waals surface area contributed by atoms with Crippen molar-refractivity contribution in [2.75, 3.05) is 0 Å². The van der Waals surface area contributed by atoms with Crippen LogP contribution in [0.1, 0.15) is 40.5 Å². The maximum atomic E-state index is 11.4. The van der Waals surface area contributed by atoms with Gasteiger partial charge in [-0.15, -0.1) is 0 Å². The lowest BCUT2D eigenvalue weighted by molar-refractivity contribution is -0.138. The Bertz CT molecular complexity index is 272. The summed E-state index contributed by atoms with van der Waals surface area (Å²) in [7, 11) is 0. The molecule has 0 aliphatic heterocycles. The summed E-state index contributed by atoms with van der Waals surface area (Å²) >= 11 is 0. The largest absolute Gasteiger partial charge is 0.481 e. The molecule has 3 N–H and O–H groups in total. The molecule has 0 aliphatic carbocycles. The van der Waals surface area contributed by atoms with Gasteiger partial charge in [0.05, 0.1) is 18.6 Å². The molecule has 0 saturated heterocycles. The van der Waals surface area contributed by atoms with Crippen LogP contribution in [0.15, 0.2) is 0 Å². The summed E-state index contributed by atoms with van der Waals surface area (Å²) in [5.74, 6) is -1.08. The third-order valence-corrected chi connectivity index (χ3v) is 1.98. The van der Waals surface area contributed by atoms with Crippen LogP contribution in [0.2, 0.25) is 0 Å². The summed E-state index contributed by atoms with van der Waals surface area (Å²) in [6, 6.07) is -0.840. The van der Waals surface area contributed by atoms with Crippen molar-refractivity contribution in [3.8, 4) is 0 Å². The monoisotopic (exact) mass is 247 g/mol. The van der Waals surface area contributed by atoms with E-state index in [1.165, 1.54) is 0 Å². The van der Waals surface area contributed by atoms with E-state index < -0.39 is 29.8 Å². The van der Waals surface area contributed by atoms with Crippen LogP contribution in [-0.2, 0) is 9.53 Å². The molecule has 0 spiro atoms. The molecule has 0 aromatic carbocycles. The van der Waals surface area contributed by atoms with Crippen LogP contribution in [0, 0.1) is 0 Å². The molecular formula is C11H21NO5. The van der Waals surface area contributed by atoms with Crippen LogP contribution in [0.25, 0.3) is 0 Å². The topological polar surface area (TPSA) is 95.9 Å². The van der Waals surface area contributed by atoms with E-state index in [0.29, 0.717) is 6.42 Å². The van der Waals surface area contributed by atoms with Crippen molar-refractivity contribution in [2.45, 2.75) is 58.3 Å². The Morgan fingerprint density at radius 3 is 2.24 bits per heavy atom. The summed E-state index contributed by atoms with van der Waals surface area (Å²) in [4.78, 5) is 22.0. The zero-order chi connectivity index (χ0) is 13.6. The summed E-state index contributed by atoms with van der Waals surface area (Å²) in [6.45, 7) is 6.81. The highest BCUT2D eigenvalue weighted by atomic mass is 16.6. The molecule has 0 bridgehead atoms. The Kier molecular flexibility index (Phi) is 5.95. The first-order chi connectivity index (χ1) is 7.65. The molecule has 0 aromatic heterocycles. The van der Waals surface area contributed by atoms with E-state index >= 15 is 0 Å². The highest BCUT2D eigenvalue weighted by Gasteiger charge is 2.25. The van der Waals surface area contributed by atoms with Gasteiger partial charge in [-0.1, -0.05) is 6.92 Å². The average Bonchev–Trinajstić information content (AvgIpc) is 2.11. The number of carbonyl (C=O) groups excluding carboxylic acids is 1. The number of rotatable bonds is 5. The summed E-state index contributed by atoms with van der Waals surface area (Å²) in [5, 5.41) is 20.6. The van der Waals surface area contributed by atoms with E-state index in [4.69, 9.17) is 9.84 Å². The number of alkyl carbamates (subject to hydrolysis) is 1. The number of carboxylic acid groups (broad SMARTS) is 1. The summed E-state index contributed by atoms with van der Waals surface area (Å²) in [6.07, 6.45) is -1.61. The SMILES string of the molecule is CC[C@H](O)[C@H](CC(=O)O)NC(=O)OC(C)(C)C. The molecule has 1 amide bonds. The Morgan fingerprint density at radius 2 is 1.88 bits per heavy atom. The molecule has 0 saturated carbocycles. The lowest BCUT2D eigenvalue weighted by Gasteiger charge is -2.25. The molecule has 0 aromatic rings. The van der Waals surface area contributed by atoms with Gasteiger partial charge in [-0.05, 0) is 27.2 Å². The van der Waals surface area contributed by atoms with Crippen molar-refractivity contribution in [3.63, 3.8) is 0 Å². The normalized spacial score (nSPS) is 14.9. The first-order valence-electron chi connectivity index (χ1n) is 5.55. The van der Waals surface area contributed by atoms with Gasteiger partial charge in [-0.25, -0.2) is 4.79 Å². The van der Waals surface area contributed by atoms with E-state index in [9.17, 15) is 14.7 Å². The van der Waals surface area contributed by atoms with Gasteiger partial charge in [0.2, 0.25) is 0 Å². The van der Waals surface area contributed by atoms with Gasteiger partial charge >= 0.3 is 12.1 Å². The van der Waals surface area contributed by atoms with Crippen molar-refractivity contribution in [1.29, 1.82) is 0 Å².